The highest BCUT2D eigenvalue weighted by Crippen LogP contribution is 1.93. The van der Waals surface area contributed by atoms with Gasteiger partial charge in [-0.05, 0) is 20.0 Å². The van der Waals surface area contributed by atoms with Gasteiger partial charge < -0.3 is 5.32 Å². The molecule has 1 aromatic heterocycles. The van der Waals surface area contributed by atoms with Crippen molar-refractivity contribution in [1.82, 2.24) is 15.3 Å². The van der Waals surface area contributed by atoms with Crippen LogP contribution in [-0.2, 0) is 6.42 Å². The van der Waals surface area contributed by atoms with E-state index in [9.17, 15) is 0 Å². The molecule has 0 saturated heterocycles. The van der Waals surface area contributed by atoms with Gasteiger partial charge in [0.2, 0.25) is 0 Å². The van der Waals surface area contributed by atoms with Crippen molar-refractivity contribution in [3.05, 3.63) is 24.3 Å². The minimum atomic E-state index is 0.442. The maximum absolute atomic E-state index is 4.12. The average Bonchev–Trinajstić information content (AvgIpc) is 2.06. The summed E-state index contributed by atoms with van der Waals surface area (Å²) in [5.74, 6) is 0.898. The molecule has 0 fully saturated rings. The molecule has 3 nitrogen and oxygen atoms in total. The molecule has 0 spiro atoms. The maximum Gasteiger partial charge on any atom is 0.129 e. The first kappa shape index (κ1) is 8.14. The highest BCUT2D eigenvalue weighted by atomic mass is 14.9. The van der Waals surface area contributed by atoms with Crippen LogP contribution in [0, 0.1) is 0 Å². The van der Waals surface area contributed by atoms with Gasteiger partial charge in [0.1, 0.15) is 5.82 Å². The van der Waals surface area contributed by atoms with E-state index in [0.29, 0.717) is 6.04 Å². The van der Waals surface area contributed by atoms with Gasteiger partial charge in [0.15, 0.2) is 0 Å². The average molecular weight is 151 g/mol. The lowest BCUT2D eigenvalue weighted by Gasteiger charge is -2.07. The Hall–Kier alpha value is -0.960. The van der Waals surface area contributed by atoms with Crippen LogP contribution in [0.5, 0.6) is 0 Å². The fourth-order valence-electron chi connectivity index (χ4n) is 0.811. The van der Waals surface area contributed by atoms with E-state index in [1.54, 1.807) is 12.4 Å². The zero-order valence-corrected chi connectivity index (χ0v) is 6.91. The molecule has 1 atom stereocenters. The number of aromatic nitrogens is 2. The Morgan fingerprint density at radius 3 is 2.64 bits per heavy atom. The number of nitrogens with one attached hydrogen (secondary N) is 1. The third-order valence-corrected chi connectivity index (χ3v) is 1.60. The molecular weight excluding hydrogens is 138 g/mol. The Morgan fingerprint density at radius 1 is 1.45 bits per heavy atom. The molecule has 0 bridgehead atoms. The lowest BCUT2D eigenvalue weighted by molar-refractivity contribution is 0.591. The molecule has 11 heavy (non-hydrogen) atoms. The molecule has 1 N–H and O–H groups in total. The molecule has 1 heterocycles. The standard InChI is InChI=1S/C8H13N3/c1-7(9-2)6-8-10-4-3-5-11-8/h3-5,7,9H,6H2,1-2H3. The lowest BCUT2D eigenvalue weighted by atomic mass is 10.2. The zero-order chi connectivity index (χ0) is 8.10. The second-order valence-corrected chi connectivity index (χ2v) is 2.56. The van der Waals surface area contributed by atoms with Gasteiger partial charge in [-0.3, -0.25) is 0 Å². The molecule has 0 aliphatic heterocycles. The summed E-state index contributed by atoms with van der Waals surface area (Å²) in [7, 11) is 1.94. The van der Waals surface area contributed by atoms with Gasteiger partial charge >= 0.3 is 0 Å². The van der Waals surface area contributed by atoms with Gasteiger partial charge in [-0.15, -0.1) is 0 Å². The topological polar surface area (TPSA) is 37.8 Å². The van der Waals surface area contributed by atoms with Crippen molar-refractivity contribution < 1.29 is 0 Å². The van der Waals surface area contributed by atoms with Gasteiger partial charge in [-0.25, -0.2) is 9.97 Å². The molecule has 1 unspecified atom stereocenters. The van der Waals surface area contributed by atoms with Gasteiger partial charge in [0.25, 0.3) is 0 Å². The van der Waals surface area contributed by atoms with E-state index >= 15 is 0 Å². The van der Waals surface area contributed by atoms with Crippen LogP contribution in [0.4, 0.5) is 0 Å². The summed E-state index contributed by atoms with van der Waals surface area (Å²) >= 11 is 0. The van der Waals surface area contributed by atoms with Crippen molar-refractivity contribution in [3.63, 3.8) is 0 Å². The predicted molar refractivity (Wildman–Crippen MR) is 44.3 cm³/mol. The molecule has 0 radical (unpaired) electrons. The van der Waals surface area contributed by atoms with Crippen LogP contribution in [0.2, 0.25) is 0 Å². The Kier molecular flexibility index (Phi) is 2.98. The second kappa shape index (κ2) is 4.03. The van der Waals surface area contributed by atoms with Crippen molar-refractivity contribution in [2.75, 3.05) is 7.05 Å². The fourth-order valence-corrected chi connectivity index (χ4v) is 0.811. The van der Waals surface area contributed by atoms with Crippen LogP contribution in [-0.4, -0.2) is 23.1 Å². The fraction of sp³-hybridized carbons (Fsp3) is 0.500. The summed E-state index contributed by atoms with van der Waals surface area (Å²) in [6.45, 7) is 2.11. The van der Waals surface area contributed by atoms with Crippen molar-refractivity contribution in [2.24, 2.45) is 0 Å². The highest BCUT2D eigenvalue weighted by Gasteiger charge is 2.00. The summed E-state index contributed by atoms with van der Waals surface area (Å²) in [5.41, 5.74) is 0. The Morgan fingerprint density at radius 2 is 2.09 bits per heavy atom. The molecule has 1 aromatic rings. The zero-order valence-electron chi connectivity index (χ0n) is 6.91. The first-order valence-electron chi connectivity index (χ1n) is 3.76. The molecule has 60 valence electrons. The third kappa shape index (κ3) is 2.63. The van der Waals surface area contributed by atoms with Gasteiger partial charge in [-0.1, -0.05) is 0 Å². The minimum absolute atomic E-state index is 0.442. The monoisotopic (exact) mass is 151 g/mol. The van der Waals surface area contributed by atoms with Crippen LogP contribution in [0.1, 0.15) is 12.7 Å². The van der Waals surface area contributed by atoms with Crippen molar-refractivity contribution in [1.29, 1.82) is 0 Å². The Bertz CT molecular complexity index is 198. The van der Waals surface area contributed by atoms with E-state index < -0.39 is 0 Å². The van der Waals surface area contributed by atoms with E-state index in [4.69, 9.17) is 0 Å². The van der Waals surface area contributed by atoms with E-state index in [1.807, 2.05) is 13.1 Å². The van der Waals surface area contributed by atoms with Crippen LogP contribution in [0.3, 0.4) is 0 Å². The molecule has 0 aromatic carbocycles. The molecule has 1 rings (SSSR count). The number of rotatable bonds is 3. The number of hydrogen-bond acceptors (Lipinski definition) is 3. The Labute approximate surface area is 66.9 Å². The van der Waals surface area contributed by atoms with E-state index in [2.05, 4.69) is 22.2 Å². The summed E-state index contributed by atoms with van der Waals surface area (Å²) in [5, 5.41) is 3.13. The highest BCUT2D eigenvalue weighted by molar-refractivity contribution is 4.90. The second-order valence-electron chi connectivity index (χ2n) is 2.56. The molecule has 0 aliphatic rings. The molecule has 0 amide bonds. The molecule has 3 heteroatoms. The number of hydrogen-bond donors (Lipinski definition) is 1. The van der Waals surface area contributed by atoms with Crippen molar-refractivity contribution >= 4 is 0 Å². The Balaban J connectivity index is 2.51. The van der Waals surface area contributed by atoms with E-state index in [-0.39, 0.29) is 0 Å². The third-order valence-electron chi connectivity index (χ3n) is 1.60. The molecular formula is C8H13N3. The van der Waals surface area contributed by atoms with Crippen LogP contribution < -0.4 is 5.32 Å². The molecule has 0 aliphatic carbocycles. The first-order valence-corrected chi connectivity index (χ1v) is 3.76. The minimum Gasteiger partial charge on any atom is -0.317 e. The summed E-state index contributed by atoms with van der Waals surface area (Å²) in [4.78, 5) is 8.23. The summed E-state index contributed by atoms with van der Waals surface area (Å²) < 4.78 is 0. The van der Waals surface area contributed by atoms with Gasteiger partial charge in [0.05, 0.1) is 0 Å². The predicted octanol–water partition coefficient (Wildman–Crippen LogP) is 0.627. The van der Waals surface area contributed by atoms with Gasteiger partial charge in [-0.2, -0.15) is 0 Å². The van der Waals surface area contributed by atoms with Gasteiger partial charge in [0, 0.05) is 24.9 Å². The quantitative estimate of drug-likeness (QED) is 0.688. The number of nitrogens with zero attached hydrogens (tertiary/aromatic N) is 2. The first-order chi connectivity index (χ1) is 5.33. The van der Waals surface area contributed by atoms with Crippen LogP contribution >= 0.6 is 0 Å². The lowest BCUT2D eigenvalue weighted by Crippen LogP contribution is -2.24. The van der Waals surface area contributed by atoms with Crippen LogP contribution in [0.15, 0.2) is 18.5 Å². The summed E-state index contributed by atoms with van der Waals surface area (Å²) in [6, 6.07) is 2.27. The van der Waals surface area contributed by atoms with Crippen molar-refractivity contribution in [3.8, 4) is 0 Å². The van der Waals surface area contributed by atoms with E-state index in [1.165, 1.54) is 0 Å². The SMILES string of the molecule is CNC(C)Cc1ncccn1. The van der Waals surface area contributed by atoms with Crippen molar-refractivity contribution in [2.45, 2.75) is 19.4 Å². The largest absolute Gasteiger partial charge is 0.317 e. The number of likely N-dealkylation sites (N-methyl/N-ethyl adjacent to an activating group) is 1. The normalized spacial score (nSPS) is 12.9. The van der Waals surface area contributed by atoms with Crippen LogP contribution in [0.25, 0.3) is 0 Å². The maximum atomic E-state index is 4.12. The summed E-state index contributed by atoms with van der Waals surface area (Å²) in [6.07, 6.45) is 4.42. The molecule has 0 saturated carbocycles. The van der Waals surface area contributed by atoms with E-state index in [0.717, 1.165) is 12.2 Å². The smallest absolute Gasteiger partial charge is 0.129 e.